The van der Waals surface area contributed by atoms with E-state index in [0.29, 0.717) is 6.54 Å². The van der Waals surface area contributed by atoms with Crippen LogP contribution in [0.3, 0.4) is 0 Å². The van der Waals surface area contributed by atoms with E-state index in [1.165, 1.54) is 0 Å². The summed E-state index contributed by atoms with van der Waals surface area (Å²) in [5.74, 6) is -0.0114. The van der Waals surface area contributed by atoms with E-state index in [0.717, 1.165) is 42.4 Å². The zero-order chi connectivity index (χ0) is 20.6. The van der Waals surface area contributed by atoms with Crippen LogP contribution in [0.1, 0.15) is 6.92 Å². The second-order valence-corrected chi connectivity index (χ2v) is 8.00. The Kier molecular flexibility index (Phi) is 7.69. The monoisotopic (exact) mass is 412 g/mol. The number of thioether (sulfide) groups is 1. The fraction of sp³-hybridized carbons (Fsp3) is 0.364. The first-order valence-corrected chi connectivity index (χ1v) is 11.0. The molecule has 29 heavy (non-hydrogen) atoms. The van der Waals surface area contributed by atoms with E-state index in [-0.39, 0.29) is 17.9 Å². The summed E-state index contributed by atoms with van der Waals surface area (Å²) in [4.78, 5) is 30.3. The molecule has 7 heteroatoms. The number of rotatable bonds is 7. The molecular weight excluding hydrogens is 384 g/mol. The quantitative estimate of drug-likeness (QED) is 0.685. The maximum Gasteiger partial charge on any atom is 0.241 e. The summed E-state index contributed by atoms with van der Waals surface area (Å²) in [6, 6.07) is 17.1. The highest BCUT2D eigenvalue weighted by molar-refractivity contribution is 7.98. The maximum atomic E-state index is 12.6. The second kappa shape index (κ2) is 10.4. The number of piperazine rings is 1. The fourth-order valence-electron chi connectivity index (χ4n) is 3.35. The second-order valence-electron chi connectivity index (χ2n) is 7.12. The van der Waals surface area contributed by atoms with Crippen LogP contribution in [0.25, 0.3) is 0 Å². The van der Waals surface area contributed by atoms with Crippen LogP contribution < -0.4 is 10.6 Å². The molecule has 1 aliphatic heterocycles. The first-order chi connectivity index (χ1) is 14.0. The number of hydrogen-bond donors (Lipinski definition) is 2. The molecular formula is C22H28N4O2S. The highest BCUT2D eigenvalue weighted by Gasteiger charge is 2.26. The van der Waals surface area contributed by atoms with E-state index in [1.54, 1.807) is 11.8 Å². The number of anilines is 2. The molecule has 154 valence electrons. The number of amides is 2. The largest absolute Gasteiger partial charge is 0.325 e. The maximum absolute atomic E-state index is 12.6. The lowest BCUT2D eigenvalue weighted by atomic mass is 10.2. The van der Waals surface area contributed by atoms with Crippen molar-refractivity contribution in [2.75, 3.05) is 49.6 Å². The average Bonchev–Trinajstić information content (AvgIpc) is 2.74. The van der Waals surface area contributed by atoms with Gasteiger partial charge in [-0.1, -0.05) is 24.3 Å². The first kappa shape index (κ1) is 21.4. The van der Waals surface area contributed by atoms with Gasteiger partial charge in [0.15, 0.2) is 0 Å². The summed E-state index contributed by atoms with van der Waals surface area (Å²) in [6.07, 6.45) is 2.02. The molecule has 1 aliphatic rings. The van der Waals surface area contributed by atoms with Crippen molar-refractivity contribution in [1.82, 2.24) is 9.80 Å². The van der Waals surface area contributed by atoms with Gasteiger partial charge >= 0.3 is 0 Å². The van der Waals surface area contributed by atoms with Gasteiger partial charge in [0.25, 0.3) is 0 Å². The highest BCUT2D eigenvalue weighted by atomic mass is 32.2. The minimum absolute atomic E-state index is 0.00137. The molecule has 2 N–H and O–H groups in total. The zero-order valence-corrected chi connectivity index (χ0v) is 17.7. The number of para-hydroxylation sites is 1. The minimum Gasteiger partial charge on any atom is -0.325 e. The predicted octanol–water partition coefficient (Wildman–Crippen LogP) is 2.99. The van der Waals surface area contributed by atoms with Gasteiger partial charge < -0.3 is 10.6 Å². The van der Waals surface area contributed by atoms with Crippen LogP contribution in [0.4, 0.5) is 11.4 Å². The average molecular weight is 413 g/mol. The van der Waals surface area contributed by atoms with E-state index < -0.39 is 0 Å². The normalized spacial score (nSPS) is 16.2. The lowest BCUT2D eigenvalue weighted by molar-refractivity contribution is -0.122. The molecule has 0 aliphatic carbocycles. The number of carbonyl (C=O) groups excluding carboxylic acids is 2. The third kappa shape index (κ3) is 6.32. The van der Waals surface area contributed by atoms with Gasteiger partial charge in [-0.25, -0.2) is 0 Å². The van der Waals surface area contributed by atoms with Gasteiger partial charge in [0.05, 0.1) is 12.6 Å². The lowest BCUT2D eigenvalue weighted by Gasteiger charge is -2.37. The summed E-state index contributed by atoms with van der Waals surface area (Å²) in [7, 11) is 0. The molecule has 0 aromatic heterocycles. The molecule has 6 nitrogen and oxygen atoms in total. The van der Waals surface area contributed by atoms with Crippen LogP contribution >= 0.6 is 11.8 Å². The summed E-state index contributed by atoms with van der Waals surface area (Å²) in [5, 5.41) is 5.93. The summed E-state index contributed by atoms with van der Waals surface area (Å²) in [6.45, 7) is 5.36. The van der Waals surface area contributed by atoms with E-state index in [2.05, 4.69) is 20.4 Å². The summed E-state index contributed by atoms with van der Waals surface area (Å²) < 4.78 is 0. The molecule has 1 heterocycles. The third-order valence-corrected chi connectivity index (χ3v) is 5.82. The van der Waals surface area contributed by atoms with Gasteiger partial charge in [0.2, 0.25) is 11.8 Å². The Hall–Kier alpha value is -2.35. The minimum atomic E-state index is -0.215. The highest BCUT2D eigenvalue weighted by Crippen LogP contribution is 2.19. The van der Waals surface area contributed by atoms with Gasteiger partial charge in [0, 0.05) is 42.4 Å². The smallest absolute Gasteiger partial charge is 0.241 e. The van der Waals surface area contributed by atoms with Crippen molar-refractivity contribution in [3.05, 3.63) is 54.6 Å². The Balaban J connectivity index is 1.44. The molecule has 2 amide bonds. The Morgan fingerprint density at radius 3 is 2.34 bits per heavy atom. The summed E-state index contributed by atoms with van der Waals surface area (Å²) in [5.41, 5.74) is 1.64. The van der Waals surface area contributed by atoms with E-state index in [1.807, 2.05) is 67.8 Å². The number of hydrogen-bond acceptors (Lipinski definition) is 5. The fourth-order valence-corrected chi connectivity index (χ4v) is 3.81. The van der Waals surface area contributed by atoms with Crippen molar-refractivity contribution in [2.24, 2.45) is 0 Å². The number of carbonyl (C=O) groups is 2. The van der Waals surface area contributed by atoms with Gasteiger partial charge in [-0.05, 0) is 43.5 Å². The third-order valence-electron chi connectivity index (χ3n) is 5.10. The number of nitrogens with zero attached hydrogens (tertiary/aromatic N) is 2. The molecule has 0 spiro atoms. The van der Waals surface area contributed by atoms with Crippen LogP contribution in [0.2, 0.25) is 0 Å². The van der Waals surface area contributed by atoms with E-state index in [9.17, 15) is 9.59 Å². The van der Waals surface area contributed by atoms with Crippen molar-refractivity contribution in [3.8, 4) is 0 Å². The molecule has 0 radical (unpaired) electrons. The molecule has 0 saturated carbocycles. The Morgan fingerprint density at radius 1 is 0.966 bits per heavy atom. The Bertz CT molecular complexity index is 823. The predicted molar refractivity (Wildman–Crippen MR) is 119 cm³/mol. The Morgan fingerprint density at radius 2 is 1.66 bits per heavy atom. The molecule has 1 saturated heterocycles. The molecule has 2 aromatic carbocycles. The van der Waals surface area contributed by atoms with Gasteiger partial charge in [-0.15, -0.1) is 11.8 Å². The van der Waals surface area contributed by atoms with Gasteiger partial charge in [-0.2, -0.15) is 0 Å². The molecule has 2 aromatic rings. The van der Waals surface area contributed by atoms with E-state index in [4.69, 9.17) is 0 Å². The van der Waals surface area contributed by atoms with E-state index >= 15 is 0 Å². The Labute approximate surface area is 176 Å². The molecule has 1 fully saturated rings. The summed E-state index contributed by atoms with van der Waals surface area (Å²) >= 11 is 1.65. The van der Waals surface area contributed by atoms with Crippen LogP contribution in [-0.4, -0.2) is 66.6 Å². The van der Waals surface area contributed by atoms with Crippen LogP contribution in [0.15, 0.2) is 59.5 Å². The van der Waals surface area contributed by atoms with Crippen LogP contribution in [-0.2, 0) is 9.59 Å². The number of benzene rings is 2. The van der Waals surface area contributed by atoms with Crippen molar-refractivity contribution >= 4 is 35.0 Å². The molecule has 1 atom stereocenters. The van der Waals surface area contributed by atoms with Gasteiger partial charge in [0.1, 0.15) is 0 Å². The zero-order valence-electron chi connectivity index (χ0n) is 16.9. The SMILES string of the molecule is CSc1cccc(NC(=O)C(C)N2CCN(CC(=O)Nc3ccccc3)CC2)c1. The molecule has 0 bridgehead atoms. The topological polar surface area (TPSA) is 64.7 Å². The van der Waals surface area contributed by atoms with Gasteiger partial charge in [-0.3, -0.25) is 19.4 Å². The van der Waals surface area contributed by atoms with Crippen LogP contribution in [0.5, 0.6) is 0 Å². The number of nitrogens with one attached hydrogen (secondary N) is 2. The molecule has 1 unspecified atom stereocenters. The standard InChI is InChI=1S/C22H28N4O2S/c1-17(22(28)24-19-9-6-10-20(15-19)29-2)26-13-11-25(12-14-26)16-21(27)23-18-7-4-3-5-8-18/h3-10,15,17H,11-14,16H2,1-2H3,(H,23,27)(H,24,28). The molecule has 3 rings (SSSR count). The van der Waals surface area contributed by atoms with Crippen molar-refractivity contribution in [1.29, 1.82) is 0 Å². The van der Waals surface area contributed by atoms with Crippen LogP contribution in [0, 0.1) is 0 Å². The van der Waals surface area contributed by atoms with Crippen molar-refractivity contribution < 1.29 is 9.59 Å². The lowest BCUT2D eigenvalue weighted by Crippen LogP contribution is -2.53. The van der Waals surface area contributed by atoms with Crippen molar-refractivity contribution in [2.45, 2.75) is 17.9 Å². The van der Waals surface area contributed by atoms with Crippen molar-refractivity contribution in [3.63, 3.8) is 0 Å². The first-order valence-electron chi connectivity index (χ1n) is 9.81.